The highest BCUT2D eigenvalue weighted by Gasteiger charge is 2.16. The number of fused-ring (bicyclic) bond motifs is 1. The molecule has 60 valence electrons. The maximum Gasteiger partial charge on any atom is 0.231 e. The number of ether oxygens (including phenoxy) is 2. The maximum atomic E-state index is 8.47. The van der Waals surface area contributed by atoms with Crippen LogP contribution >= 0.6 is 11.8 Å². The fourth-order valence-corrected chi connectivity index (χ4v) is 1.53. The van der Waals surface area contributed by atoms with E-state index >= 15 is 0 Å². The van der Waals surface area contributed by atoms with Crippen LogP contribution in [0.1, 0.15) is 0 Å². The minimum Gasteiger partial charge on any atom is -0.454 e. The first-order chi connectivity index (χ1) is 5.92. The molecule has 1 aromatic carbocycles. The van der Waals surface area contributed by atoms with Crippen molar-refractivity contribution in [3.63, 3.8) is 0 Å². The molecule has 4 heteroatoms. The largest absolute Gasteiger partial charge is 0.454 e. The molecule has 1 aliphatic heterocycles. The van der Waals surface area contributed by atoms with Gasteiger partial charge in [0, 0.05) is 0 Å². The Labute approximate surface area is 73.9 Å². The van der Waals surface area contributed by atoms with Crippen LogP contribution in [0.5, 0.6) is 11.5 Å². The first-order valence-corrected chi connectivity index (χ1v) is 4.18. The molecule has 0 aliphatic carbocycles. The number of para-hydroxylation sites is 1. The lowest BCUT2D eigenvalue weighted by molar-refractivity contribution is 0.172. The zero-order valence-corrected chi connectivity index (χ0v) is 6.93. The monoisotopic (exact) mass is 179 g/mol. The van der Waals surface area contributed by atoms with Gasteiger partial charge in [-0.3, -0.25) is 0 Å². The normalized spacial score (nSPS) is 12.6. The quantitative estimate of drug-likeness (QED) is 0.488. The summed E-state index contributed by atoms with van der Waals surface area (Å²) < 4.78 is 10.3. The van der Waals surface area contributed by atoms with Crippen LogP contribution in [-0.2, 0) is 0 Å². The molecule has 0 atom stereocenters. The molecule has 0 spiro atoms. The van der Waals surface area contributed by atoms with Crippen LogP contribution < -0.4 is 9.47 Å². The average molecular weight is 179 g/mol. The van der Waals surface area contributed by atoms with Crippen LogP contribution in [-0.4, -0.2) is 6.79 Å². The van der Waals surface area contributed by atoms with E-state index in [2.05, 4.69) is 0 Å². The van der Waals surface area contributed by atoms with Crippen LogP contribution in [0.15, 0.2) is 23.1 Å². The summed E-state index contributed by atoms with van der Waals surface area (Å²) in [5, 5.41) is 10.5. The summed E-state index contributed by atoms with van der Waals surface area (Å²) in [7, 11) is 0. The molecule has 2 rings (SSSR count). The molecule has 12 heavy (non-hydrogen) atoms. The Morgan fingerprint density at radius 2 is 2.33 bits per heavy atom. The van der Waals surface area contributed by atoms with Crippen LogP contribution in [0.25, 0.3) is 0 Å². The molecule has 3 nitrogen and oxygen atoms in total. The van der Waals surface area contributed by atoms with Crippen molar-refractivity contribution >= 4 is 11.8 Å². The Kier molecular flexibility index (Phi) is 1.80. The van der Waals surface area contributed by atoms with Crippen molar-refractivity contribution in [3.8, 4) is 16.9 Å². The van der Waals surface area contributed by atoms with Crippen molar-refractivity contribution in [2.45, 2.75) is 4.90 Å². The number of hydrogen-bond acceptors (Lipinski definition) is 4. The molecule has 0 unspecified atom stereocenters. The standard InChI is InChI=1S/C8H5NO2S/c9-4-12-7-3-1-2-6-8(7)11-5-10-6/h1-3H,5H2. The van der Waals surface area contributed by atoms with E-state index in [4.69, 9.17) is 14.7 Å². The second-order valence-corrected chi connectivity index (χ2v) is 3.01. The second kappa shape index (κ2) is 2.95. The number of nitriles is 1. The third kappa shape index (κ3) is 1.08. The molecule has 0 N–H and O–H groups in total. The summed E-state index contributed by atoms with van der Waals surface area (Å²) in [4.78, 5) is 0.812. The van der Waals surface area contributed by atoms with Gasteiger partial charge in [0.05, 0.1) is 4.90 Å². The molecular weight excluding hydrogens is 174 g/mol. The van der Waals surface area contributed by atoms with Crippen LogP contribution in [0.4, 0.5) is 0 Å². The Balaban J connectivity index is 2.44. The van der Waals surface area contributed by atoms with Gasteiger partial charge in [-0.15, -0.1) is 0 Å². The van der Waals surface area contributed by atoms with Crippen molar-refractivity contribution in [3.05, 3.63) is 18.2 Å². The Hall–Kier alpha value is -1.34. The van der Waals surface area contributed by atoms with E-state index in [0.717, 1.165) is 22.4 Å². The zero-order valence-electron chi connectivity index (χ0n) is 6.11. The minimum absolute atomic E-state index is 0.248. The summed E-state index contributed by atoms with van der Waals surface area (Å²) in [5.74, 6) is 1.40. The molecule has 0 saturated carbocycles. The number of nitrogens with zero attached hydrogens (tertiary/aromatic N) is 1. The summed E-state index contributed by atoms with van der Waals surface area (Å²) in [6.07, 6.45) is 0. The van der Waals surface area contributed by atoms with Gasteiger partial charge in [0.25, 0.3) is 0 Å². The molecule has 0 saturated heterocycles. The number of rotatable bonds is 1. The van der Waals surface area contributed by atoms with Crippen LogP contribution in [0, 0.1) is 10.7 Å². The van der Waals surface area contributed by atoms with E-state index < -0.39 is 0 Å². The van der Waals surface area contributed by atoms with Gasteiger partial charge in [-0.2, -0.15) is 5.26 Å². The van der Waals surface area contributed by atoms with Gasteiger partial charge < -0.3 is 9.47 Å². The van der Waals surface area contributed by atoms with Crippen LogP contribution in [0.3, 0.4) is 0 Å². The number of hydrogen-bond donors (Lipinski definition) is 0. The van der Waals surface area contributed by atoms with Gasteiger partial charge >= 0.3 is 0 Å². The molecule has 0 aromatic heterocycles. The van der Waals surface area contributed by atoms with Crippen molar-refractivity contribution in [2.24, 2.45) is 0 Å². The number of thioether (sulfide) groups is 1. The van der Waals surface area contributed by atoms with E-state index in [0.29, 0.717) is 5.75 Å². The van der Waals surface area contributed by atoms with Crippen molar-refractivity contribution in [2.75, 3.05) is 6.79 Å². The van der Waals surface area contributed by atoms with Gasteiger partial charge in [-0.25, -0.2) is 0 Å². The van der Waals surface area contributed by atoms with E-state index in [1.807, 2.05) is 23.6 Å². The maximum absolute atomic E-state index is 8.47. The second-order valence-electron chi connectivity index (χ2n) is 2.18. The molecule has 1 aliphatic rings. The molecule has 1 heterocycles. The third-order valence-electron chi connectivity index (χ3n) is 1.52. The van der Waals surface area contributed by atoms with E-state index in [1.165, 1.54) is 0 Å². The smallest absolute Gasteiger partial charge is 0.231 e. The third-order valence-corrected chi connectivity index (χ3v) is 2.15. The fraction of sp³-hybridized carbons (Fsp3) is 0.125. The van der Waals surface area contributed by atoms with Gasteiger partial charge in [0.2, 0.25) is 6.79 Å². The predicted molar refractivity (Wildman–Crippen MR) is 44.0 cm³/mol. The van der Waals surface area contributed by atoms with Gasteiger partial charge in [-0.05, 0) is 23.9 Å². The predicted octanol–water partition coefficient (Wildman–Crippen LogP) is 1.99. The highest BCUT2D eigenvalue weighted by Crippen LogP contribution is 2.40. The molecule has 1 aromatic rings. The van der Waals surface area contributed by atoms with Gasteiger partial charge in [0.1, 0.15) is 5.40 Å². The topological polar surface area (TPSA) is 42.2 Å². The van der Waals surface area contributed by atoms with Crippen molar-refractivity contribution < 1.29 is 9.47 Å². The van der Waals surface area contributed by atoms with E-state index in [-0.39, 0.29) is 6.79 Å². The lowest BCUT2D eigenvalue weighted by Crippen LogP contribution is -1.93. The molecule has 0 radical (unpaired) electrons. The molecule has 0 amide bonds. The van der Waals surface area contributed by atoms with Crippen LogP contribution in [0.2, 0.25) is 0 Å². The first kappa shape index (κ1) is 7.32. The summed E-state index contributed by atoms with van der Waals surface area (Å²) >= 11 is 1.08. The Morgan fingerprint density at radius 3 is 3.17 bits per heavy atom. The van der Waals surface area contributed by atoms with Crippen molar-refractivity contribution in [1.82, 2.24) is 0 Å². The summed E-state index contributed by atoms with van der Waals surface area (Å²) in [6.45, 7) is 0.248. The molecule has 0 bridgehead atoms. The first-order valence-electron chi connectivity index (χ1n) is 3.36. The summed E-state index contributed by atoms with van der Waals surface area (Å²) in [6, 6.07) is 5.50. The Morgan fingerprint density at radius 1 is 1.42 bits per heavy atom. The lowest BCUT2D eigenvalue weighted by Gasteiger charge is -1.98. The Bertz CT molecular complexity index is 345. The van der Waals surface area contributed by atoms with Gasteiger partial charge in [-0.1, -0.05) is 6.07 Å². The molecule has 0 fully saturated rings. The minimum atomic E-state index is 0.248. The average Bonchev–Trinajstić information content (AvgIpc) is 2.53. The van der Waals surface area contributed by atoms with Gasteiger partial charge in [0.15, 0.2) is 11.5 Å². The number of benzene rings is 1. The zero-order chi connectivity index (χ0) is 8.39. The highest BCUT2D eigenvalue weighted by molar-refractivity contribution is 8.03. The molecular formula is C8H5NO2S. The SMILES string of the molecule is N#CSc1cccc2c1OCO2. The number of thiocyanates is 1. The van der Waals surface area contributed by atoms with Crippen molar-refractivity contribution in [1.29, 1.82) is 5.26 Å². The lowest BCUT2D eigenvalue weighted by atomic mass is 10.3. The highest BCUT2D eigenvalue weighted by atomic mass is 32.2. The summed E-state index contributed by atoms with van der Waals surface area (Å²) in [5.41, 5.74) is 0. The fourth-order valence-electron chi connectivity index (χ4n) is 1.03. The van der Waals surface area contributed by atoms with E-state index in [1.54, 1.807) is 0 Å². The van der Waals surface area contributed by atoms with E-state index in [9.17, 15) is 0 Å².